The van der Waals surface area contributed by atoms with Crippen LogP contribution in [0.5, 0.6) is 0 Å². The zero-order valence-corrected chi connectivity index (χ0v) is 12.8. The lowest BCUT2D eigenvalue weighted by Crippen LogP contribution is -2.18. The zero-order chi connectivity index (χ0) is 16.6. The van der Waals surface area contributed by atoms with Crippen LogP contribution < -0.4 is 0 Å². The molecule has 9 nitrogen and oxygen atoms in total. The van der Waals surface area contributed by atoms with E-state index in [1.807, 2.05) is 13.8 Å². The third-order valence-electron chi connectivity index (χ3n) is 1.89. The summed E-state index contributed by atoms with van der Waals surface area (Å²) in [4.78, 5) is 32.9. The van der Waals surface area contributed by atoms with Crippen molar-refractivity contribution in [3.8, 4) is 0 Å². The van der Waals surface area contributed by atoms with Crippen molar-refractivity contribution < 1.29 is 42.8 Å². The fourth-order valence-corrected chi connectivity index (χ4v) is 0.996. The first-order valence-corrected chi connectivity index (χ1v) is 6.98. The van der Waals surface area contributed by atoms with Gasteiger partial charge in [-0.25, -0.2) is 14.4 Å². The lowest BCUT2D eigenvalue weighted by Gasteiger charge is -2.08. The van der Waals surface area contributed by atoms with Crippen molar-refractivity contribution in [3.63, 3.8) is 0 Å². The van der Waals surface area contributed by atoms with Crippen molar-refractivity contribution in [3.05, 3.63) is 0 Å². The van der Waals surface area contributed by atoms with Gasteiger partial charge in [0.05, 0.1) is 13.2 Å². The van der Waals surface area contributed by atoms with Crippen molar-refractivity contribution in [2.24, 2.45) is 0 Å². The van der Waals surface area contributed by atoms with Gasteiger partial charge >= 0.3 is 18.5 Å². The van der Waals surface area contributed by atoms with Gasteiger partial charge in [-0.05, 0) is 12.8 Å². The highest BCUT2D eigenvalue weighted by Crippen LogP contribution is 1.92. The Hall–Kier alpha value is -2.19. The van der Waals surface area contributed by atoms with E-state index < -0.39 is 18.5 Å². The van der Waals surface area contributed by atoms with Gasteiger partial charge in [-0.3, -0.25) is 0 Å². The molecule has 0 fully saturated rings. The molecule has 0 aromatic heterocycles. The maximum atomic E-state index is 11.1. The zero-order valence-electron chi connectivity index (χ0n) is 12.8. The molecule has 0 aliphatic carbocycles. The fraction of sp³-hybridized carbons (Fsp3) is 0.769. The van der Waals surface area contributed by atoms with Crippen LogP contribution in [0, 0.1) is 0 Å². The Bertz CT molecular complexity index is 299. The molecule has 128 valence electrons. The molecule has 0 bridgehead atoms. The molecular formula is C13H22O9. The minimum atomic E-state index is -0.962. The summed E-state index contributed by atoms with van der Waals surface area (Å²) in [6.45, 7) is 3.61. The van der Waals surface area contributed by atoms with E-state index in [9.17, 15) is 14.4 Å². The van der Waals surface area contributed by atoms with Crippen molar-refractivity contribution >= 4 is 18.5 Å². The molecule has 0 saturated heterocycles. The fourth-order valence-electron chi connectivity index (χ4n) is 0.996. The second-order valence-corrected chi connectivity index (χ2v) is 3.84. The Labute approximate surface area is 128 Å². The highest BCUT2D eigenvalue weighted by Gasteiger charge is 2.08. The molecule has 0 radical (unpaired) electrons. The highest BCUT2D eigenvalue weighted by atomic mass is 16.8. The molecule has 0 aliphatic rings. The predicted molar refractivity (Wildman–Crippen MR) is 72.5 cm³/mol. The molecule has 22 heavy (non-hydrogen) atoms. The standard InChI is InChI=1S/C13H22O9/c1-3-5-17-11(14)19-7-9-21-13(16)22-10-8-20-12(15)18-6-4-2/h3-10H2,1-2H3. The van der Waals surface area contributed by atoms with Crippen LogP contribution >= 0.6 is 0 Å². The third-order valence-corrected chi connectivity index (χ3v) is 1.89. The van der Waals surface area contributed by atoms with Gasteiger partial charge in [0, 0.05) is 0 Å². The average Bonchev–Trinajstić information content (AvgIpc) is 2.51. The first kappa shape index (κ1) is 19.8. The number of rotatable bonds is 10. The van der Waals surface area contributed by atoms with Crippen LogP contribution in [0.3, 0.4) is 0 Å². The lowest BCUT2D eigenvalue weighted by atomic mass is 10.5. The summed E-state index contributed by atoms with van der Waals surface area (Å²) >= 11 is 0. The van der Waals surface area contributed by atoms with Crippen molar-refractivity contribution in [2.75, 3.05) is 39.6 Å². The summed E-state index contributed by atoms with van der Waals surface area (Å²) in [6.07, 6.45) is -1.23. The summed E-state index contributed by atoms with van der Waals surface area (Å²) < 4.78 is 27.7. The van der Waals surface area contributed by atoms with E-state index in [0.29, 0.717) is 12.8 Å². The molecule has 0 heterocycles. The Morgan fingerprint density at radius 2 is 0.727 bits per heavy atom. The van der Waals surface area contributed by atoms with Crippen LogP contribution in [0.15, 0.2) is 0 Å². The van der Waals surface area contributed by atoms with Gasteiger partial charge in [-0.1, -0.05) is 13.8 Å². The summed E-state index contributed by atoms with van der Waals surface area (Å²) in [7, 11) is 0. The Morgan fingerprint density at radius 1 is 0.500 bits per heavy atom. The molecule has 0 aromatic rings. The Kier molecular flexibility index (Phi) is 12.4. The molecule has 0 rings (SSSR count). The van der Waals surface area contributed by atoms with Gasteiger partial charge in [0.1, 0.15) is 26.4 Å². The molecule has 0 spiro atoms. The molecule has 0 saturated carbocycles. The Balaban J connectivity index is 3.43. The topological polar surface area (TPSA) is 107 Å². The summed E-state index contributed by atoms with van der Waals surface area (Å²) in [5.74, 6) is 0. The minimum Gasteiger partial charge on any atom is -0.434 e. The van der Waals surface area contributed by atoms with Crippen LogP contribution in [0.1, 0.15) is 26.7 Å². The maximum absolute atomic E-state index is 11.1. The summed E-state index contributed by atoms with van der Waals surface area (Å²) in [5.41, 5.74) is 0. The second-order valence-electron chi connectivity index (χ2n) is 3.84. The van der Waals surface area contributed by atoms with Crippen LogP contribution in [0.4, 0.5) is 14.4 Å². The summed E-state index contributed by atoms with van der Waals surface area (Å²) in [5, 5.41) is 0. The SMILES string of the molecule is CCCOC(=O)OCCOC(=O)OCCOC(=O)OCCC. The number of carbonyl (C=O) groups excluding carboxylic acids is 3. The molecule has 9 heteroatoms. The lowest BCUT2D eigenvalue weighted by molar-refractivity contribution is 0.00533. The average molecular weight is 322 g/mol. The summed E-state index contributed by atoms with van der Waals surface area (Å²) in [6, 6.07) is 0. The number of hydrogen-bond donors (Lipinski definition) is 0. The largest absolute Gasteiger partial charge is 0.508 e. The van der Waals surface area contributed by atoms with Gasteiger partial charge in [0.25, 0.3) is 0 Å². The molecular weight excluding hydrogens is 300 g/mol. The van der Waals surface area contributed by atoms with E-state index in [2.05, 4.69) is 28.4 Å². The molecule has 0 atom stereocenters. The molecule has 0 N–H and O–H groups in total. The number of hydrogen-bond acceptors (Lipinski definition) is 9. The van der Waals surface area contributed by atoms with Crippen LogP contribution in [-0.4, -0.2) is 58.1 Å². The quantitative estimate of drug-likeness (QED) is 0.340. The van der Waals surface area contributed by atoms with Gasteiger partial charge in [0.15, 0.2) is 0 Å². The van der Waals surface area contributed by atoms with Crippen LogP contribution in [0.2, 0.25) is 0 Å². The van der Waals surface area contributed by atoms with E-state index in [0.717, 1.165) is 0 Å². The monoisotopic (exact) mass is 322 g/mol. The van der Waals surface area contributed by atoms with Gasteiger partial charge in [0.2, 0.25) is 0 Å². The second kappa shape index (κ2) is 13.8. The smallest absolute Gasteiger partial charge is 0.434 e. The number of ether oxygens (including phenoxy) is 6. The normalized spacial score (nSPS) is 9.55. The van der Waals surface area contributed by atoms with Crippen molar-refractivity contribution in [1.29, 1.82) is 0 Å². The van der Waals surface area contributed by atoms with Crippen LogP contribution in [0.25, 0.3) is 0 Å². The van der Waals surface area contributed by atoms with Gasteiger partial charge in [-0.15, -0.1) is 0 Å². The highest BCUT2D eigenvalue weighted by molar-refractivity contribution is 5.61. The minimum absolute atomic E-state index is 0.141. The van der Waals surface area contributed by atoms with E-state index in [-0.39, 0.29) is 39.6 Å². The van der Waals surface area contributed by atoms with Gasteiger partial charge in [-0.2, -0.15) is 0 Å². The van der Waals surface area contributed by atoms with Crippen molar-refractivity contribution in [2.45, 2.75) is 26.7 Å². The van der Waals surface area contributed by atoms with Gasteiger partial charge < -0.3 is 28.4 Å². The van der Waals surface area contributed by atoms with Crippen molar-refractivity contribution in [1.82, 2.24) is 0 Å². The van der Waals surface area contributed by atoms with E-state index in [1.165, 1.54) is 0 Å². The molecule has 0 aromatic carbocycles. The molecule has 0 unspecified atom stereocenters. The first-order chi connectivity index (χ1) is 10.6. The molecule has 0 amide bonds. The van der Waals surface area contributed by atoms with Crippen LogP contribution in [-0.2, 0) is 28.4 Å². The first-order valence-electron chi connectivity index (χ1n) is 6.98. The predicted octanol–water partition coefficient (Wildman–Crippen LogP) is 2.27. The maximum Gasteiger partial charge on any atom is 0.508 e. The number of carbonyl (C=O) groups is 3. The van der Waals surface area contributed by atoms with E-state index in [1.54, 1.807) is 0 Å². The molecule has 0 aliphatic heterocycles. The third kappa shape index (κ3) is 12.8. The van der Waals surface area contributed by atoms with E-state index in [4.69, 9.17) is 0 Å². The Morgan fingerprint density at radius 3 is 0.955 bits per heavy atom. The van der Waals surface area contributed by atoms with E-state index >= 15 is 0 Å².